The van der Waals surface area contributed by atoms with Crippen LogP contribution in [0.4, 0.5) is 17.6 Å². The van der Waals surface area contributed by atoms with Crippen molar-refractivity contribution in [2.45, 2.75) is 19.5 Å². The molecule has 18 heavy (non-hydrogen) atoms. The van der Waals surface area contributed by atoms with Gasteiger partial charge < -0.3 is 5.32 Å². The van der Waals surface area contributed by atoms with Crippen LogP contribution in [0.2, 0.25) is 0 Å². The Balaban J connectivity index is 2.74. The summed E-state index contributed by atoms with van der Waals surface area (Å²) < 4.78 is 50.3. The van der Waals surface area contributed by atoms with E-state index >= 15 is 0 Å². The molecule has 0 atom stereocenters. The number of nitrogens with one attached hydrogen (secondary N) is 1. The van der Waals surface area contributed by atoms with Gasteiger partial charge in [-0.1, -0.05) is 19.1 Å². The van der Waals surface area contributed by atoms with Crippen LogP contribution in [0.25, 0.3) is 6.08 Å². The molecule has 5 heteroatoms. The van der Waals surface area contributed by atoms with Gasteiger partial charge in [0.05, 0.1) is 5.56 Å². The Morgan fingerprint density at radius 3 is 2.56 bits per heavy atom. The predicted molar refractivity (Wildman–Crippen MR) is 63.6 cm³/mol. The predicted octanol–water partition coefficient (Wildman–Crippen LogP) is 3.86. The standard InChI is InChI=1S/C13H15F4N/c1-2-5-18-6-3-4-10-7-11(13(15,16)17)9-12(14)8-10/h3-4,7-9,18H,2,5-6H2,1H3/b4-3+. The minimum Gasteiger partial charge on any atom is -0.313 e. The van der Waals surface area contributed by atoms with Crippen molar-refractivity contribution in [2.75, 3.05) is 13.1 Å². The van der Waals surface area contributed by atoms with Crippen molar-refractivity contribution in [2.24, 2.45) is 0 Å². The first-order valence-corrected chi connectivity index (χ1v) is 5.68. The van der Waals surface area contributed by atoms with Gasteiger partial charge in [-0.2, -0.15) is 13.2 Å². The van der Waals surface area contributed by atoms with E-state index in [0.717, 1.165) is 25.1 Å². The van der Waals surface area contributed by atoms with Crippen LogP contribution in [0.5, 0.6) is 0 Å². The van der Waals surface area contributed by atoms with Crippen LogP contribution in [0.3, 0.4) is 0 Å². The fraction of sp³-hybridized carbons (Fsp3) is 0.385. The zero-order valence-electron chi connectivity index (χ0n) is 10.0. The van der Waals surface area contributed by atoms with Gasteiger partial charge in [0.2, 0.25) is 0 Å². The molecule has 0 aliphatic heterocycles. The van der Waals surface area contributed by atoms with Crippen molar-refractivity contribution in [3.05, 3.63) is 41.2 Å². The molecule has 1 N–H and O–H groups in total. The molecule has 0 radical (unpaired) electrons. The summed E-state index contributed by atoms with van der Waals surface area (Å²) >= 11 is 0. The van der Waals surface area contributed by atoms with Crippen molar-refractivity contribution in [3.63, 3.8) is 0 Å². The lowest BCUT2D eigenvalue weighted by molar-refractivity contribution is -0.137. The average molecular weight is 261 g/mol. The number of rotatable bonds is 5. The van der Waals surface area contributed by atoms with Crippen LogP contribution < -0.4 is 5.32 Å². The molecule has 1 rings (SSSR count). The quantitative estimate of drug-likeness (QED) is 0.627. The second kappa shape index (κ2) is 6.54. The van der Waals surface area contributed by atoms with Crippen LogP contribution in [-0.2, 0) is 6.18 Å². The molecule has 1 aromatic rings. The molecule has 0 amide bonds. The van der Waals surface area contributed by atoms with Gasteiger partial charge in [-0.15, -0.1) is 0 Å². The summed E-state index contributed by atoms with van der Waals surface area (Å²) in [5.41, 5.74) is -0.760. The Kier molecular flexibility index (Phi) is 5.34. The number of hydrogen-bond acceptors (Lipinski definition) is 1. The average Bonchev–Trinajstić information content (AvgIpc) is 2.27. The number of hydrogen-bond donors (Lipinski definition) is 1. The molecule has 0 unspecified atom stereocenters. The zero-order chi connectivity index (χ0) is 13.6. The largest absolute Gasteiger partial charge is 0.416 e. The van der Waals surface area contributed by atoms with E-state index in [1.54, 1.807) is 6.08 Å². The summed E-state index contributed by atoms with van der Waals surface area (Å²) in [7, 11) is 0. The monoisotopic (exact) mass is 261 g/mol. The first-order chi connectivity index (χ1) is 8.43. The Labute approximate surface area is 104 Å². The highest BCUT2D eigenvalue weighted by molar-refractivity contribution is 5.51. The molecular formula is C13H15F4N. The van der Waals surface area contributed by atoms with Crippen LogP contribution in [0.1, 0.15) is 24.5 Å². The van der Waals surface area contributed by atoms with Crippen LogP contribution in [-0.4, -0.2) is 13.1 Å². The number of halogens is 4. The molecule has 0 aliphatic carbocycles. The fourth-order valence-electron chi connectivity index (χ4n) is 1.43. The topological polar surface area (TPSA) is 12.0 Å². The minimum absolute atomic E-state index is 0.209. The van der Waals surface area contributed by atoms with Crippen LogP contribution in [0.15, 0.2) is 24.3 Å². The Hall–Kier alpha value is -1.36. The van der Waals surface area contributed by atoms with Crippen molar-refractivity contribution >= 4 is 6.08 Å². The van der Waals surface area contributed by atoms with E-state index in [1.807, 2.05) is 6.92 Å². The first kappa shape index (κ1) is 14.7. The highest BCUT2D eigenvalue weighted by Gasteiger charge is 2.31. The second-order valence-corrected chi connectivity index (χ2v) is 3.88. The Bertz CT molecular complexity index is 410. The van der Waals surface area contributed by atoms with Gasteiger partial charge in [-0.25, -0.2) is 4.39 Å². The van der Waals surface area contributed by atoms with E-state index in [1.165, 1.54) is 6.08 Å². The van der Waals surface area contributed by atoms with Crippen molar-refractivity contribution in [1.29, 1.82) is 0 Å². The van der Waals surface area contributed by atoms with Gasteiger partial charge in [-0.3, -0.25) is 0 Å². The summed E-state index contributed by atoms with van der Waals surface area (Å²) in [6.07, 6.45) is -0.400. The number of alkyl halides is 3. The highest BCUT2D eigenvalue weighted by atomic mass is 19.4. The summed E-state index contributed by atoms with van der Waals surface area (Å²) in [4.78, 5) is 0. The molecule has 0 heterocycles. The fourth-order valence-corrected chi connectivity index (χ4v) is 1.43. The van der Waals surface area contributed by atoms with Crippen LogP contribution >= 0.6 is 0 Å². The molecular weight excluding hydrogens is 246 g/mol. The highest BCUT2D eigenvalue weighted by Crippen LogP contribution is 2.30. The lowest BCUT2D eigenvalue weighted by Gasteiger charge is -2.07. The van der Waals surface area contributed by atoms with Gasteiger partial charge >= 0.3 is 6.18 Å². The van der Waals surface area contributed by atoms with E-state index in [-0.39, 0.29) is 5.56 Å². The molecule has 100 valence electrons. The maximum absolute atomic E-state index is 13.0. The third kappa shape index (κ3) is 4.87. The lowest BCUT2D eigenvalue weighted by atomic mass is 10.1. The van der Waals surface area contributed by atoms with E-state index < -0.39 is 17.6 Å². The maximum atomic E-state index is 13.0. The van der Waals surface area contributed by atoms with Gasteiger partial charge in [0.1, 0.15) is 5.82 Å². The molecule has 0 bridgehead atoms. The van der Waals surface area contributed by atoms with E-state index in [4.69, 9.17) is 0 Å². The summed E-state index contributed by atoms with van der Waals surface area (Å²) in [5.74, 6) is -0.883. The third-order valence-corrected chi connectivity index (χ3v) is 2.25. The molecule has 1 aromatic carbocycles. The van der Waals surface area contributed by atoms with Crippen molar-refractivity contribution in [1.82, 2.24) is 5.32 Å². The molecule has 0 saturated carbocycles. The summed E-state index contributed by atoms with van der Waals surface area (Å²) in [5, 5.41) is 3.06. The first-order valence-electron chi connectivity index (χ1n) is 5.68. The number of benzene rings is 1. The third-order valence-electron chi connectivity index (χ3n) is 2.25. The minimum atomic E-state index is -4.52. The maximum Gasteiger partial charge on any atom is 0.416 e. The van der Waals surface area contributed by atoms with Gasteiger partial charge in [0.15, 0.2) is 0 Å². The molecule has 0 fully saturated rings. The molecule has 0 saturated heterocycles. The van der Waals surface area contributed by atoms with E-state index in [9.17, 15) is 17.6 Å². The summed E-state index contributed by atoms with van der Waals surface area (Å²) in [6, 6.07) is 2.50. The molecule has 0 aliphatic rings. The second-order valence-electron chi connectivity index (χ2n) is 3.88. The van der Waals surface area contributed by atoms with E-state index in [0.29, 0.717) is 12.6 Å². The van der Waals surface area contributed by atoms with Crippen LogP contribution in [0, 0.1) is 5.82 Å². The Morgan fingerprint density at radius 1 is 1.22 bits per heavy atom. The summed E-state index contributed by atoms with van der Waals surface area (Å²) in [6.45, 7) is 3.39. The van der Waals surface area contributed by atoms with Crippen molar-refractivity contribution < 1.29 is 17.6 Å². The lowest BCUT2D eigenvalue weighted by Crippen LogP contribution is -2.13. The van der Waals surface area contributed by atoms with Gasteiger partial charge in [-0.05, 0) is 36.7 Å². The van der Waals surface area contributed by atoms with E-state index in [2.05, 4.69) is 5.32 Å². The van der Waals surface area contributed by atoms with Gasteiger partial charge in [0, 0.05) is 6.54 Å². The van der Waals surface area contributed by atoms with Crippen molar-refractivity contribution in [3.8, 4) is 0 Å². The zero-order valence-corrected chi connectivity index (χ0v) is 10.0. The smallest absolute Gasteiger partial charge is 0.313 e. The Morgan fingerprint density at radius 2 is 1.94 bits per heavy atom. The SMILES string of the molecule is CCCNC/C=C/c1cc(F)cc(C(F)(F)F)c1. The van der Waals surface area contributed by atoms with Gasteiger partial charge in [0.25, 0.3) is 0 Å². The molecule has 0 spiro atoms. The normalized spacial score (nSPS) is 12.3. The molecule has 1 nitrogen and oxygen atoms in total. The molecule has 0 aromatic heterocycles.